The molecule has 4 heteroatoms. The third-order valence-electron chi connectivity index (χ3n) is 3.11. The summed E-state index contributed by atoms with van der Waals surface area (Å²) in [5.41, 5.74) is 0.295. The Bertz CT molecular complexity index is 375. The van der Waals surface area contributed by atoms with E-state index in [9.17, 15) is 9.90 Å². The molecule has 1 rings (SSSR count). The number of carboxylic acid groups (broad SMARTS) is 1. The molecule has 1 N–H and O–H groups in total. The van der Waals surface area contributed by atoms with Crippen LogP contribution in [0.25, 0.3) is 0 Å². The lowest BCUT2D eigenvalue weighted by Crippen LogP contribution is -2.32. The molecule has 0 atom stereocenters. The van der Waals surface area contributed by atoms with E-state index in [-0.39, 0.29) is 0 Å². The molecule has 0 spiro atoms. The zero-order valence-corrected chi connectivity index (χ0v) is 11.1. The largest absolute Gasteiger partial charge is 0.481 e. The van der Waals surface area contributed by atoms with Crippen molar-refractivity contribution in [3.05, 3.63) is 28.5 Å². The molecule has 3 nitrogen and oxygen atoms in total. The second-order valence-corrected chi connectivity index (χ2v) is 4.90. The normalized spacial score (nSPS) is 11.4. The van der Waals surface area contributed by atoms with Gasteiger partial charge in [-0.05, 0) is 46.8 Å². The molecule has 0 saturated heterocycles. The second-order valence-electron chi connectivity index (χ2n) is 3.98. The fourth-order valence-corrected chi connectivity index (χ4v) is 2.23. The van der Waals surface area contributed by atoms with Crippen molar-refractivity contribution in [3.63, 3.8) is 0 Å². The van der Waals surface area contributed by atoms with Crippen LogP contribution in [0.5, 0.6) is 0 Å². The number of carboxylic acids is 1. The Hall–Kier alpha value is -0.900. The Morgan fingerprint density at radius 2 is 2.06 bits per heavy atom. The highest BCUT2D eigenvalue weighted by molar-refractivity contribution is 9.10. The van der Waals surface area contributed by atoms with Gasteiger partial charge in [0.2, 0.25) is 0 Å². The molecule has 0 bridgehead atoms. The highest BCUT2D eigenvalue weighted by atomic mass is 79.9. The van der Waals surface area contributed by atoms with Gasteiger partial charge in [-0.1, -0.05) is 13.8 Å². The van der Waals surface area contributed by atoms with E-state index in [2.05, 4.69) is 20.9 Å². The Morgan fingerprint density at radius 3 is 2.50 bits per heavy atom. The molecule has 0 aromatic carbocycles. The van der Waals surface area contributed by atoms with E-state index in [1.807, 2.05) is 19.9 Å². The van der Waals surface area contributed by atoms with Gasteiger partial charge in [-0.3, -0.25) is 9.78 Å². The van der Waals surface area contributed by atoms with E-state index < -0.39 is 11.4 Å². The fourth-order valence-electron chi connectivity index (χ4n) is 1.82. The first-order chi connectivity index (χ1) is 7.54. The standard InChI is InChI=1S/C12H16BrNO2/c1-3-12(4-2,11(15)16)6-9-5-10(13)8-14-7-9/h5,7-8H,3-4,6H2,1-2H3,(H,15,16). The van der Waals surface area contributed by atoms with Gasteiger partial charge in [-0.15, -0.1) is 0 Å². The average molecular weight is 286 g/mol. The monoisotopic (exact) mass is 285 g/mol. The maximum atomic E-state index is 11.3. The highest BCUT2D eigenvalue weighted by Gasteiger charge is 2.34. The van der Waals surface area contributed by atoms with Gasteiger partial charge in [0.15, 0.2) is 0 Å². The minimum absolute atomic E-state index is 0.530. The van der Waals surface area contributed by atoms with Gasteiger partial charge in [-0.2, -0.15) is 0 Å². The third-order valence-corrected chi connectivity index (χ3v) is 3.54. The van der Waals surface area contributed by atoms with Crippen molar-refractivity contribution in [2.75, 3.05) is 0 Å². The maximum absolute atomic E-state index is 11.3. The van der Waals surface area contributed by atoms with Gasteiger partial charge < -0.3 is 5.11 Å². The molecule has 0 aliphatic carbocycles. The van der Waals surface area contributed by atoms with Gasteiger partial charge in [0.1, 0.15) is 0 Å². The number of aromatic nitrogens is 1. The maximum Gasteiger partial charge on any atom is 0.309 e. The summed E-state index contributed by atoms with van der Waals surface area (Å²) >= 11 is 3.34. The minimum atomic E-state index is -0.725. The molecule has 1 aromatic heterocycles. The number of nitrogens with zero attached hydrogens (tertiary/aromatic N) is 1. The van der Waals surface area contributed by atoms with Crippen LogP contribution in [0.1, 0.15) is 32.3 Å². The topological polar surface area (TPSA) is 50.2 Å². The molecule has 0 radical (unpaired) electrons. The van der Waals surface area contributed by atoms with Crippen molar-refractivity contribution < 1.29 is 9.90 Å². The Morgan fingerprint density at radius 1 is 1.44 bits per heavy atom. The first-order valence-corrected chi connectivity index (χ1v) is 6.16. The van der Waals surface area contributed by atoms with Crippen molar-refractivity contribution >= 4 is 21.9 Å². The van der Waals surface area contributed by atoms with Crippen molar-refractivity contribution in [1.29, 1.82) is 0 Å². The number of hydrogen-bond donors (Lipinski definition) is 1. The summed E-state index contributed by atoms with van der Waals surface area (Å²) in [5, 5.41) is 9.32. The van der Waals surface area contributed by atoms with Crippen molar-refractivity contribution in [2.45, 2.75) is 33.1 Å². The van der Waals surface area contributed by atoms with Gasteiger partial charge >= 0.3 is 5.97 Å². The molecule has 1 heterocycles. The molecule has 0 aliphatic heterocycles. The Balaban J connectivity index is 2.96. The third kappa shape index (κ3) is 2.82. The number of halogens is 1. The molecular weight excluding hydrogens is 270 g/mol. The first-order valence-electron chi connectivity index (χ1n) is 5.37. The van der Waals surface area contributed by atoms with Gasteiger partial charge in [0.05, 0.1) is 5.41 Å². The van der Waals surface area contributed by atoms with Gasteiger partial charge in [0.25, 0.3) is 0 Å². The van der Waals surface area contributed by atoms with Crippen LogP contribution in [0.4, 0.5) is 0 Å². The molecular formula is C12H16BrNO2. The predicted molar refractivity (Wildman–Crippen MR) is 66.3 cm³/mol. The number of carbonyl (C=O) groups is 1. The van der Waals surface area contributed by atoms with Crippen LogP contribution in [-0.4, -0.2) is 16.1 Å². The Kier molecular flexibility index (Phi) is 4.47. The molecule has 88 valence electrons. The first kappa shape index (κ1) is 13.2. The molecule has 0 saturated carbocycles. The summed E-state index contributed by atoms with van der Waals surface area (Å²) < 4.78 is 0.886. The predicted octanol–water partition coefficient (Wildman–Crippen LogP) is 3.28. The lowest BCUT2D eigenvalue weighted by molar-refractivity contribution is -0.149. The van der Waals surface area contributed by atoms with Crippen LogP contribution < -0.4 is 0 Å². The molecule has 0 aliphatic rings. The van der Waals surface area contributed by atoms with Crippen molar-refractivity contribution in [1.82, 2.24) is 4.98 Å². The van der Waals surface area contributed by atoms with E-state index >= 15 is 0 Å². The van der Waals surface area contributed by atoms with Crippen LogP contribution in [-0.2, 0) is 11.2 Å². The van der Waals surface area contributed by atoms with E-state index in [0.29, 0.717) is 19.3 Å². The summed E-state index contributed by atoms with van der Waals surface area (Å²) in [6.45, 7) is 3.84. The van der Waals surface area contributed by atoms with E-state index in [1.54, 1.807) is 12.4 Å². The number of aliphatic carboxylic acids is 1. The molecule has 0 fully saturated rings. The quantitative estimate of drug-likeness (QED) is 0.903. The zero-order chi connectivity index (χ0) is 12.2. The van der Waals surface area contributed by atoms with E-state index in [4.69, 9.17) is 0 Å². The molecule has 1 aromatic rings. The zero-order valence-electron chi connectivity index (χ0n) is 9.53. The highest BCUT2D eigenvalue weighted by Crippen LogP contribution is 2.31. The second kappa shape index (κ2) is 5.43. The van der Waals surface area contributed by atoms with E-state index in [1.165, 1.54) is 0 Å². The van der Waals surface area contributed by atoms with Crippen molar-refractivity contribution in [2.24, 2.45) is 5.41 Å². The van der Waals surface area contributed by atoms with Crippen LogP contribution in [0.15, 0.2) is 22.9 Å². The summed E-state index contributed by atoms with van der Waals surface area (Å²) in [6, 6.07) is 1.93. The number of pyridine rings is 1. The summed E-state index contributed by atoms with van der Waals surface area (Å²) in [4.78, 5) is 15.4. The lowest BCUT2D eigenvalue weighted by atomic mass is 9.77. The minimum Gasteiger partial charge on any atom is -0.481 e. The van der Waals surface area contributed by atoms with E-state index in [0.717, 1.165) is 10.0 Å². The fraction of sp³-hybridized carbons (Fsp3) is 0.500. The molecule has 0 unspecified atom stereocenters. The molecule has 16 heavy (non-hydrogen) atoms. The van der Waals surface area contributed by atoms with Crippen LogP contribution >= 0.6 is 15.9 Å². The van der Waals surface area contributed by atoms with Gasteiger partial charge in [-0.25, -0.2) is 0 Å². The smallest absolute Gasteiger partial charge is 0.309 e. The summed E-state index contributed by atoms with van der Waals surface area (Å²) in [6.07, 6.45) is 5.22. The SMILES string of the molecule is CCC(CC)(Cc1cncc(Br)c1)C(=O)O. The summed E-state index contributed by atoms with van der Waals surface area (Å²) in [5.74, 6) is -0.725. The molecule has 0 amide bonds. The Labute approximate surface area is 104 Å². The van der Waals surface area contributed by atoms with Crippen LogP contribution in [0, 0.1) is 5.41 Å². The summed E-state index contributed by atoms with van der Waals surface area (Å²) in [7, 11) is 0. The lowest BCUT2D eigenvalue weighted by Gasteiger charge is -2.26. The van der Waals surface area contributed by atoms with Crippen molar-refractivity contribution in [3.8, 4) is 0 Å². The van der Waals surface area contributed by atoms with Crippen LogP contribution in [0.3, 0.4) is 0 Å². The number of hydrogen-bond acceptors (Lipinski definition) is 2. The van der Waals surface area contributed by atoms with Crippen LogP contribution in [0.2, 0.25) is 0 Å². The average Bonchev–Trinajstić information content (AvgIpc) is 2.25. The van der Waals surface area contributed by atoms with Gasteiger partial charge in [0, 0.05) is 16.9 Å². The number of rotatable bonds is 5.